The number of hydrogen-bond donors (Lipinski definition) is 1. The molecule has 0 aliphatic heterocycles. The van der Waals surface area contributed by atoms with E-state index in [4.69, 9.17) is 0 Å². The molecule has 0 radical (unpaired) electrons. The Morgan fingerprint density at radius 1 is 1.00 bits per heavy atom. The summed E-state index contributed by atoms with van der Waals surface area (Å²) in [6.45, 7) is 12.3. The van der Waals surface area contributed by atoms with Crippen LogP contribution >= 0.6 is 0 Å². The summed E-state index contributed by atoms with van der Waals surface area (Å²) in [7, 11) is 0. The molecule has 0 aliphatic rings. The fourth-order valence-corrected chi connectivity index (χ4v) is 2.71. The smallest absolute Gasteiger partial charge is 0.123 e. The molecule has 2 heteroatoms. The van der Waals surface area contributed by atoms with Crippen LogP contribution in [0.3, 0.4) is 0 Å². The summed E-state index contributed by atoms with van der Waals surface area (Å²) >= 11 is 0. The van der Waals surface area contributed by atoms with Gasteiger partial charge in [-0.15, -0.1) is 0 Å². The van der Waals surface area contributed by atoms with Crippen molar-refractivity contribution in [3.05, 3.63) is 35.6 Å². The van der Waals surface area contributed by atoms with Gasteiger partial charge in [-0.25, -0.2) is 4.39 Å². The lowest BCUT2D eigenvalue weighted by molar-refractivity contribution is 0.264. The number of halogens is 1. The van der Waals surface area contributed by atoms with Crippen molar-refractivity contribution in [3.8, 4) is 0 Å². The molecule has 19 heavy (non-hydrogen) atoms. The first-order valence-electron chi connectivity index (χ1n) is 7.44. The molecule has 0 saturated heterocycles. The van der Waals surface area contributed by atoms with Crippen molar-refractivity contribution in [1.82, 2.24) is 5.32 Å². The van der Waals surface area contributed by atoms with Gasteiger partial charge in [0.25, 0.3) is 0 Å². The summed E-state index contributed by atoms with van der Waals surface area (Å²) in [5.41, 5.74) is 1.18. The molecule has 0 heterocycles. The van der Waals surface area contributed by atoms with Crippen molar-refractivity contribution < 1.29 is 4.39 Å². The van der Waals surface area contributed by atoms with E-state index in [2.05, 4.69) is 39.9 Å². The largest absolute Gasteiger partial charge is 0.310 e. The molecule has 1 rings (SSSR count). The molecule has 0 aromatic heterocycles. The van der Waals surface area contributed by atoms with E-state index in [1.165, 1.54) is 5.56 Å². The molecule has 0 spiro atoms. The van der Waals surface area contributed by atoms with Gasteiger partial charge in [-0.1, -0.05) is 46.8 Å². The predicted molar refractivity (Wildman–Crippen MR) is 80.6 cm³/mol. The zero-order chi connectivity index (χ0) is 14.4. The van der Waals surface area contributed by atoms with Crippen LogP contribution in [0.5, 0.6) is 0 Å². The van der Waals surface area contributed by atoms with E-state index in [0.29, 0.717) is 23.8 Å². The van der Waals surface area contributed by atoms with Crippen LogP contribution in [-0.2, 0) is 0 Å². The Balaban J connectivity index is 2.64. The summed E-state index contributed by atoms with van der Waals surface area (Å²) in [5.74, 6) is 1.87. The highest BCUT2D eigenvalue weighted by Gasteiger charge is 2.19. The molecule has 0 fully saturated rings. The van der Waals surface area contributed by atoms with Crippen LogP contribution in [0.2, 0.25) is 0 Å². The first-order chi connectivity index (χ1) is 8.95. The van der Waals surface area contributed by atoms with E-state index in [1.807, 2.05) is 12.1 Å². The zero-order valence-electron chi connectivity index (χ0n) is 12.9. The van der Waals surface area contributed by atoms with Crippen LogP contribution in [0.15, 0.2) is 24.3 Å². The minimum Gasteiger partial charge on any atom is -0.310 e. The van der Waals surface area contributed by atoms with Crippen LogP contribution in [0.4, 0.5) is 4.39 Å². The summed E-state index contributed by atoms with van der Waals surface area (Å²) in [6, 6.07) is 7.18. The second-order valence-corrected chi connectivity index (χ2v) is 6.07. The van der Waals surface area contributed by atoms with E-state index in [1.54, 1.807) is 12.1 Å². The highest BCUT2D eigenvalue weighted by molar-refractivity contribution is 5.19. The van der Waals surface area contributed by atoms with E-state index in [-0.39, 0.29) is 5.82 Å². The Hall–Kier alpha value is -0.890. The minimum absolute atomic E-state index is 0.166. The molecule has 0 amide bonds. The number of benzene rings is 1. The monoisotopic (exact) mass is 265 g/mol. The van der Waals surface area contributed by atoms with Crippen molar-refractivity contribution in [3.63, 3.8) is 0 Å². The van der Waals surface area contributed by atoms with E-state index in [9.17, 15) is 4.39 Å². The molecule has 0 bridgehead atoms. The molecule has 1 aromatic carbocycles. The maximum Gasteiger partial charge on any atom is 0.123 e. The Bertz CT molecular complexity index is 348. The van der Waals surface area contributed by atoms with Crippen LogP contribution in [0.1, 0.15) is 52.6 Å². The second-order valence-electron chi connectivity index (χ2n) is 6.07. The quantitative estimate of drug-likeness (QED) is 0.747. The average Bonchev–Trinajstić information content (AvgIpc) is 2.35. The summed E-state index contributed by atoms with van der Waals surface area (Å²) in [5, 5.41) is 3.65. The van der Waals surface area contributed by atoms with Crippen molar-refractivity contribution in [2.75, 3.05) is 6.54 Å². The predicted octanol–water partition coefficient (Wildman–Crippen LogP) is 4.79. The number of hydrogen-bond acceptors (Lipinski definition) is 1. The first kappa shape index (κ1) is 16.2. The molecule has 1 aromatic rings. The fraction of sp³-hybridized carbons (Fsp3) is 0.647. The Morgan fingerprint density at radius 3 is 1.95 bits per heavy atom. The highest BCUT2D eigenvalue weighted by atomic mass is 19.1. The van der Waals surface area contributed by atoms with Gasteiger partial charge >= 0.3 is 0 Å². The van der Waals surface area contributed by atoms with Crippen LogP contribution in [0, 0.1) is 23.6 Å². The Kier molecular flexibility index (Phi) is 6.50. The maximum absolute atomic E-state index is 13.0. The average molecular weight is 265 g/mol. The van der Waals surface area contributed by atoms with Crippen LogP contribution in [0.25, 0.3) is 0 Å². The Morgan fingerprint density at radius 2 is 1.53 bits per heavy atom. The molecule has 1 atom stereocenters. The molecule has 1 unspecified atom stereocenters. The number of nitrogens with one attached hydrogen (secondary N) is 1. The number of rotatable bonds is 7. The summed E-state index contributed by atoms with van der Waals surface area (Å²) in [6.07, 6.45) is 1.02. The molecule has 1 nitrogen and oxygen atoms in total. The third kappa shape index (κ3) is 4.94. The first-order valence-corrected chi connectivity index (χ1v) is 7.44. The molecule has 1 N–H and O–H groups in total. The highest BCUT2D eigenvalue weighted by Crippen LogP contribution is 2.22. The van der Waals surface area contributed by atoms with Crippen molar-refractivity contribution in [1.29, 1.82) is 0 Å². The lowest BCUT2D eigenvalue weighted by Crippen LogP contribution is -2.32. The van der Waals surface area contributed by atoms with E-state index in [0.717, 1.165) is 13.0 Å². The van der Waals surface area contributed by atoms with Crippen LogP contribution in [-0.4, -0.2) is 6.54 Å². The third-order valence-electron chi connectivity index (χ3n) is 3.99. The molecular formula is C17H28FN. The molecule has 108 valence electrons. The molecule has 0 aliphatic carbocycles. The van der Waals surface area contributed by atoms with Gasteiger partial charge in [-0.3, -0.25) is 0 Å². The summed E-state index contributed by atoms with van der Waals surface area (Å²) in [4.78, 5) is 0. The van der Waals surface area contributed by atoms with Crippen LogP contribution < -0.4 is 5.32 Å². The second kappa shape index (κ2) is 7.64. The van der Waals surface area contributed by atoms with Gasteiger partial charge in [0.05, 0.1) is 0 Å². The zero-order valence-corrected chi connectivity index (χ0v) is 12.9. The van der Waals surface area contributed by atoms with Crippen molar-refractivity contribution in [2.24, 2.45) is 17.8 Å². The summed E-state index contributed by atoms with van der Waals surface area (Å²) < 4.78 is 13.0. The van der Waals surface area contributed by atoms with Gasteiger partial charge in [0.2, 0.25) is 0 Å². The standard InChI is InChI=1S/C17H28FN/c1-6-17(14-7-9-15(18)10-8-14)19-11-16(12(2)3)13(4)5/h7-10,12-13,16-17,19H,6,11H2,1-5H3. The topological polar surface area (TPSA) is 12.0 Å². The SMILES string of the molecule is CCC(NCC(C(C)C)C(C)C)c1ccc(F)cc1. The third-order valence-corrected chi connectivity index (χ3v) is 3.99. The fourth-order valence-electron chi connectivity index (χ4n) is 2.71. The van der Waals surface area contributed by atoms with Gasteiger partial charge in [0.15, 0.2) is 0 Å². The lowest BCUT2D eigenvalue weighted by atomic mass is 9.85. The molecular weight excluding hydrogens is 237 g/mol. The van der Waals surface area contributed by atoms with Gasteiger partial charge in [0, 0.05) is 6.04 Å². The van der Waals surface area contributed by atoms with Gasteiger partial charge in [0.1, 0.15) is 5.82 Å². The van der Waals surface area contributed by atoms with E-state index >= 15 is 0 Å². The maximum atomic E-state index is 13.0. The normalized spacial score (nSPS) is 13.5. The van der Waals surface area contributed by atoms with Gasteiger partial charge < -0.3 is 5.32 Å². The molecule has 0 saturated carbocycles. The van der Waals surface area contributed by atoms with E-state index < -0.39 is 0 Å². The van der Waals surface area contributed by atoms with Gasteiger partial charge in [-0.2, -0.15) is 0 Å². The van der Waals surface area contributed by atoms with Gasteiger partial charge in [-0.05, 0) is 48.4 Å². The lowest BCUT2D eigenvalue weighted by Gasteiger charge is -2.28. The minimum atomic E-state index is -0.166. The van der Waals surface area contributed by atoms with Crippen molar-refractivity contribution >= 4 is 0 Å². The van der Waals surface area contributed by atoms with Crippen molar-refractivity contribution in [2.45, 2.75) is 47.1 Å². The Labute approximate surface area is 117 Å².